The van der Waals surface area contributed by atoms with E-state index in [9.17, 15) is 14.7 Å². The summed E-state index contributed by atoms with van der Waals surface area (Å²) < 4.78 is 1.23. The largest absolute Gasteiger partial charge is 0.506 e. The summed E-state index contributed by atoms with van der Waals surface area (Å²) in [7, 11) is 0. The van der Waals surface area contributed by atoms with Gasteiger partial charge in [-0.15, -0.1) is 0 Å². The molecular formula is C14H16N4O3. The van der Waals surface area contributed by atoms with Crippen LogP contribution in [0.5, 0.6) is 5.75 Å². The summed E-state index contributed by atoms with van der Waals surface area (Å²) in [5.41, 5.74) is 5.88. The molecule has 0 fully saturated rings. The van der Waals surface area contributed by atoms with E-state index in [0.29, 0.717) is 6.42 Å². The Labute approximate surface area is 121 Å². The molecule has 0 saturated carbocycles. The van der Waals surface area contributed by atoms with Crippen LogP contribution in [0.15, 0.2) is 36.9 Å². The van der Waals surface area contributed by atoms with E-state index in [-0.39, 0.29) is 23.5 Å². The van der Waals surface area contributed by atoms with Crippen molar-refractivity contribution in [2.75, 3.05) is 12.3 Å². The highest BCUT2D eigenvalue weighted by Crippen LogP contribution is 2.21. The predicted octanol–water partition coefficient (Wildman–Crippen LogP) is 1.69. The maximum absolute atomic E-state index is 12.5. The molecule has 0 aliphatic heterocycles. The third kappa shape index (κ3) is 3.02. The summed E-state index contributed by atoms with van der Waals surface area (Å²) in [5, 5.41) is 9.59. The number of carbonyl (C=O) groups excluding carboxylic acids is 2. The number of hydrogen-bond acceptors (Lipinski definition) is 5. The van der Waals surface area contributed by atoms with Crippen LogP contribution in [-0.2, 0) is 0 Å². The number of hydrogen-bond donors (Lipinski definition) is 2. The molecule has 1 aromatic heterocycles. The topological polar surface area (TPSA) is 101 Å². The van der Waals surface area contributed by atoms with Gasteiger partial charge < -0.3 is 10.8 Å². The van der Waals surface area contributed by atoms with Crippen molar-refractivity contribution in [1.29, 1.82) is 0 Å². The molecule has 0 saturated heterocycles. The summed E-state index contributed by atoms with van der Waals surface area (Å²) in [6.07, 6.45) is 4.88. The maximum Gasteiger partial charge on any atom is 0.336 e. The molecule has 0 bridgehead atoms. The van der Waals surface area contributed by atoms with Crippen molar-refractivity contribution >= 4 is 17.6 Å². The molecule has 1 heterocycles. The minimum Gasteiger partial charge on any atom is -0.506 e. The average Bonchev–Trinajstić information content (AvgIpc) is 3.00. The lowest BCUT2D eigenvalue weighted by molar-refractivity contribution is 0.0801. The number of carbonyl (C=O) groups is 2. The number of aromatic nitrogens is 2. The van der Waals surface area contributed by atoms with Gasteiger partial charge in [0, 0.05) is 24.5 Å². The molecule has 0 spiro atoms. The number of nitrogen functional groups attached to an aromatic ring is 1. The van der Waals surface area contributed by atoms with E-state index < -0.39 is 11.9 Å². The van der Waals surface area contributed by atoms with Gasteiger partial charge in [0.2, 0.25) is 0 Å². The monoisotopic (exact) mass is 288 g/mol. The minimum absolute atomic E-state index is 0.175. The van der Waals surface area contributed by atoms with Crippen LogP contribution in [0.3, 0.4) is 0 Å². The SMILES string of the molecule is CCCN(C(=O)c1ccc(N)c(O)c1)C(=O)n1ccnc1. The molecule has 3 N–H and O–H groups in total. The molecule has 0 aliphatic carbocycles. The Balaban J connectivity index is 2.31. The number of anilines is 1. The van der Waals surface area contributed by atoms with E-state index in [1.54, 1.807) is 0 Å². The number of imide groups is 1. The Bertz CT molecular complexity index is 652. The number of phenolic OH excluding ortho intramolecular Hbond substituents is 1. The molecule has 2 aromatic rings. The third-order valence-electron chi connectivity index (χ3n) is 2.93. The van der Waals surface area contributed by atoms with E-state index >= 15 is 0 Å². The second-order valence-electron chi connectivity index (χ2n) is 4.48. The Morgan fingerprint density at radius 1 is 1.43 bits per heavy atom. The van der Waals surface area contributed by atoms with Crippen molar-refractivity contribution in [1.82, 2.24) is 14.5 Å². The fourth-order valence-electron chi connectivity index (χ4n) is 1.85. The van der Waals surface area contributed by atoms with Gasteiger partial charge in [0.1, 0.15) is 12.1 Å². The minimum atomic E-state index is -0.495. The molecule has 2 amide bonds. The summed E-state index contributed by atoms with van der Waals surface area (Å²) >= 11 is 0. The molecule has 0 unspecified atom stereocenters. The Morgan fingerprint density at radius 2 is 2.19 bits per heavy atom. The van der Waals surface area contributed by atoms with Gasteiger partial charge in [0.05, 0.1) is 5.69 Å². The van der Waals surface area contributed by atoms with Crippen molar-refractivity contribution in [3.63, 3.8) is 0 Å². The smallest absolute Gasteiger partial charge is 0.336 e. The van der Waals surface area contributed by atoms with Gasteiger partial charge in [-0.2, -0.15) is 0 Å². The summed E-state index contributed by atoms with van der Waals surface area (Å²) in [4.78, 5) is 29.7. The number of amides is 2. The number of benzene rings is 1. The first-order valence-corrected chi connectivity index (χ1v) is 6.47. The van der Waals surface area contributed by atoms with Crippen LogP contribution >= 0.6 is 0 Å². The van der Waals surface area contributed by atoms with E-state index in [0.717, 1.165) is 4.90 Å². The van der Waals surface area contributed by atoms with Crippen LogP contribution in [-0.4, -0.2) is 38.0 Å². The molecule has 0 aliphatic rings. The maximum atomic E-state index is 12.5. The zero-order valence-electron chi connectivity index (χ0n) is 11.6. The van der Waals surface area contributed by atoms with Gasteiger partial charge in [-0.05, 0) is 24.6 Å². The van der Waals surface area contributed by atoms with Gasteiger partial charge in [0.15, 0.2) is 0 Å². The summed E-state index contributed by atoms with van der Waals surface area (Å²) in [6, 6.07) is 3.66. The second-order valence-corrected chi connectivity index (χ2v) is 4.48. The second kappa shape index (κ2) is 6.08. The van der Waals surface area contributed by atoms with Crippen LogP contribution in [0.4, 0.5) is 10.5 Å². The van der Waals surface area contributed by atoms with Crippen LogP contribution in [0.25, 0.3) is 0 Å². The van der Waals surface area contributed by atoms with Crippen molar-refractivity contribution in [3.05, 3.63) is 42.5 Å². The summed E-state index contributed by atoms with van der Waals surface area (Å²) in [5.74, 6) is -0.682. The van der Waals surface area contributed by atoms with E-state index in [2.05, 4.69) is 4.98 Å². The van der Waals surface area contributed by atoms with Crippen LogP contribution in [0.2, 0.25) is 0 Å². The zero-order valence-corrected chi connectivity index (χ0v) is 11.6. The highest BCUT2D eigenvalue weighted by atomic mass is 16.3. The quantitative estimate of drug-likeness (QED) is 0.661. The lowest BCUT2D eigenvalue weighted by atomic mass is 10.1. The normalized spacial score (nSPS) is 10.3. The number of nitrogens with zero attached hydrogens (tertiary/aromatic N) is 3. The molecular weight excluding hydrogens is 272 g/mol. The van der Waals surface area contributed by atoms with Gasteiger partial charge >= 0.3 is 6.03 Å². The molecule has 7 nitrogen and oxygen atoms in total. The molecule has 1 aromatic carbocycles. The van der Waals surface area contributed by atoms with Crippen molar-refractivity contribution in [3.8, 4) is 5.75 Å². The van der Waals surface area contributed by atoms with Crippen LogP contribution < -0.4 is 5.73 Å². The first-order chi connectivity index (χ1) is 10.0. The molecule has 21 heavy (non-hydrogen) atoms. The van der Waals surface area contributed by atoms with Gasteiger partial charge in [-0.1, -0.05) is 6.92 Å². The van der Waals surface area contributed by atoms with Crippen molar-refractivity contribution < 1.29 is 14.7 Å². The van der Waals surface area contributed by atoms with E-state index in [4.69, 9.17) is 5.73 Å². The lowest BCUT2D eigenvalue weighted by Crippen LogP contribution is -2.39. The lowest BCUT2D eigenvalue weighted by Gasteiger charge is -2.20. The first-order valence-electron chi connectivity index (χ1n) is 6.47. The molecule has 0 radical (unpaired) electrons. The number of aromatic hydroxyl groups is 1. The van der Waals surface area contributed by atoms with Crippen LogP contribution in [0.1, 0.15) is 23.7 Å². The number of phenols is 1. The van der Waals surface area contributed by atoms with Gasteiger partial charge in [-0.25, -0.2) is 9.78 Å². The summed E-state index contributed by atoms with van der Waals surface area (Å²) in [6.45, 7) is 2.13. The number of nitrogens with two attached hydrogens (primary N) is 1. The Hall–Kier alpha value is -2.83. The van der Waals surface area contributed by atoms with E-state index in [1.807, 2.05) is 6.92 Å². The zero-order chi connectivity index (χ0) is 15.4. The first kappa shape index (κ1) is 14.6. The standard InChI is InChI=1S/C14H16N4O3/c1-2-6-18(14(21)17-7-5-16-9-17)13(20)10-3-4-11(15)12(19)8-10/h3-5,7-9,19H,2,6,15H2,1H3. The Morgan fingerprint density at radius 3 is 2.76 bits per heavy atom. The number of rotatable bonds is 3. The molecule has 110 valence electrons. The Kier molecular flexibility index (Phi) is 4.22. The third-order valence-corrected chi connectivity index (χ3v) is 2.93. The highest BCUT2D eigenvalue weighted by molar-refractivity contribution is 6.05. The molecule has 2 rings (SSSR count). The van der Waals surface area contributed by atoms with Gasteiger partial charge in [-0.3, -0.25) is 14.3 Å². The average molecular weight is 288 g/mol. The number of imidazole rings is 1. The molecule has 7 heteroatoms. The highest BCUT2D eigenvalue weighted by Gasteiger charge is 2.23. The van der Waals surface area contributed by atoms with E-state index in [1.165, 1.54) is 41.5 Å². The van der Waals surface area contributed by atoms with Gasteiger partial charge in [0.25, 0.3) is 5.91 Å². The van der Waals surface area contributed by atoms with Crippen molar-refractivity contribution in [2.24, 2.45) is 0 Å². The van der Waals surface area contributed by atoms with Crippen molar-refractivity contribution in [2.45, 2.75) is 13.3 Å². The molecule has 0 atom stereocenters. The van der Waals surface area contributed by atoms with Crippen LogP contribution in [0, 0.1) is 0 Å². The predicted molar refractivity (Wildman–Crippen MR) is 76.9 cm³/mol. The fourth-order valence-corrected chi connectivity index (χ4v) is 1.85. The fraction of sp³-hybridized carbons (Fsp3) is 0.214.